The van der Waals surface area contributed by atoms with Crippen LogP contribution in [0.15, 0.2) is 17.5 Å². The van der Waals surface area contributed by atoms with Crippen molar-refractivity contribution in [3.63, 3.8) is 0 Å². The maximum absolute atomic E-state index is 12.0. The molecule has 0 aliphatic heterocycles. The fourth-order valence-corrected chi connectivity index (χ4v) is 2.26. The van der Waals surface area contributed by atoms with Gasteiger partial charge in [0.05, 0.1) is 4.88 Å². The molecule has 2 N–H and O–H groups in total. The third kappa shape index (κ3) is 5.08. The van der Waals surface area contributed by atoms with E-state index in [-0.39, 0.29) is 10.7 Å². The zero-order valence-electron chi connectivity index (χ0n) is 11.1. The fourth-order valence-electron chi connectivity index (χ4n) is 1.24. The summed E-state index contributed by atoms with van der Waals surface area (Å²) in [7, 11) is 0. The maximum Gasteiger partial charge on any atom is 0.328 e. The van der Waals surface area contributed by atoms with E-state index in [1.807, 2.05) is 6.26 Å². The summed E-state index contributed by atoms with van der Waals surface area (Å²) in [6.07, 6.45) is 4.47. The zero-order valence-corrected chi connectivity index (χ0v) is 12.7. The van der Waals surface area contributed by atoms with Crippen molar-refractivity contribution in [2.24, 2.45) is 0 Å². The van der Waals surface area contributed by atoms with Gasteiger partial charge < -0.3 is 10.4 Å². The molecule has 0 aliphatic carbocycles. The van der Waals surface area contributed by atoms with Crippen LogP contribution in [0.25, 0.3) is 6.08 Å². The molecule has 1 rings (SSSR count). The largest absolute Gasteiger partial charge is 0.478 e. The number of carboxylic acids is 1. The van der Waals surface area contributed by atoms with E-state index in [0.29, 0.717) is 17.0 Å². The SMILES string of the molecule is CSC(C)(C)CNC(=O)c1sccc1/C=C/C(=O)O. The Morgan fingerprint density at radius 3 is 2.79 bits per heavy atom. The first kappa shape index (κ1) is 15.8. The number of hydrogen-bond donors (Lipinski definition) is 2. The first-order valence-electron chi connectivity index (χ1n) is 5.67. The number of carbonyl (C=O) groups is 2. The molecule has 6 heteroatoms. The highest BCUT2D eigenvalue weighted by atomic mass is 32.2. The first-order valence-corrected chi connectivity index (χ1v) is 7.78. The molecule has 0 bridgehead atoms. The van der Waals surface area contributed by atoms with Gasteiger partial charge in [0.25, 0.3) is 5.91 Å². The summed E-state index contributed by atoms with van der Waals surface area (Å²) in [5, 5.41) is 13.2. The van der Waals surface area contributed by atoms with Crippen LogP contribution in [0.4, 0.5) is 0 Å². The molecule has 19 heavy (non-hydrogen) atoms. The number of carbonyl (C=O) groups excluding carboxylic acids is 1. The average molecular weight is 299 g/mol. The van der Waals surface area contributed by atoms with Crippen LogP contribution >= 0.6 is 23.1 Å². The monoisotopic (exact) mass is 299 g/mol. The topological polar surface area (TPSA) is 66.4 Å². The van der Waals surface area contributed by atoms with E-state index in [0.717, 1.165) is 6.08 Å². The lowest BCUT2D eigenvalue weighted by atomic mass is 10.2. The van der Waals surface area contributed by atoms with E-state index in [9.17, 15) is 9.59 Å². The van der Waals surface area contributed by atoms with Crippen LogP contribution in [0.3, 0.4) is 0 Å². The molecule has 1 aromatic heterocycles. The van der Waals surface area contributed by atoms with Crippen molar-refractivity contribution < 1.29 is 14.7 Å². The highest BCUT2D eigenvalue weighted by molar-refractivity contribution is 7.99. The van der Waals surface area contributed by atoms with E-state index in [4.69, 9.17) is 5.11 Å². The molecule has 0 radical (unpaired) electrons. The number of hydrogen-bond acceptors (Lipinski definition) is 4. The Morgan fingerprint density at radius 1 is 1.53 bits per heavy atom. The number of amides is 1. The second-order valence-electron chi connectivity index (χ2n) is 4.52. The molecule has 0 spiro atoms. The smallest absolute Gasteiger partial charge is 0.328 e. The third-order valence-corrected chi connectivity index (χ3v) is 4.71. The van der Waals surface area contributed by atoms with Crippen LogP contribution in [0, 0.1) is 0 Å². The van der Waals surface area contributed by atoms with Crippen molar-refractivity contribution in [1.29, 1.82) is 0 Å². The van der Waals surface area contributed by atoms with Crippen molar-refractivity contribution in [2.75, 3.05) is 12.8 Å². The van der Waals surface area contributed by atoms with Gasteiger partial charge in [0.1, 0.15) is 0 Å². The zero-order chi connectivity index (χ0) is 14.5. The van der Waals surface area contributed by atoms with Gasteiger partial charge in [0, 0.05) is 17.4 Å². The van der Waals surface area contributed by atoms with E-state index >= 15 is 0 Å². The molecule has 0 unspecified atom stereocenters. The number of aliphatic carboxylic acids is 1. The molecule has 1 aromatic rings. The Labute approximate surface area is 120 Å². The number of rotatable bonds is 6. The van der Waals surface area contributed by atoms with Crippen LogP contribution < -0.4 is 5.32 Å². The molecule has 0 saturated carbocycles. The van der Waals surface area contributed by atoms with Gasteiger partial charge in [0.2, 0.25) is 0 Å². The number of thioether (sulfide) groups is 1. The van der Waals surface area contributed by atoms with Crippen molar-refractivity contribution >= 4 is 41.1 Å². The lowest BCUT2D eigenvalue weighted by Gasteiger charge is -2.22. The summed E-state index contributed by atoms with van der Waals surface area (Å²) in [6.45, 7) is 4.67. The normalized spacial score (nSPS) is 11.7. The molecule has 0 aromatic carbocycles. The minimum Gasteiger partial charge on any atom is -0.478 e. The van der Waals surface area contributed by atoms with E-state index in [1.54, 1.807) is 23.2 Å². The quantitative estimate of drug-likeness (QED) is 0.793. The van der Waals surface area contributed by atoms with Gasteiger partial charge in [-0.15, -0.1) is 11.3 Å². The van der Waals surface area contributed by atoms with Gasteiger partial charge in [-0.1, -0.05) is 0 Å². The minimum absolute atomic E-state index is 0.0238. The molecule has 0 atom stereocenters. The second kappa shape index (κ2) is 6.77. The first-order chi connectivity index (χ1) is 8.85. The Balaban J connectivity index is 2.73. The van der Waals surface area contributed by atoms with Crippen molar-refractivity contribution in [2.45, 2.75) is 18.6 Å². The third-order valence-electron chi connectivity index (χ3n) is 2.53. The fraction of sp³-hybridized carbons (Fsp3) is 0.385. The summed E-state index contributed by atoms with van der Waals surface area (Å²) in [4.78, 5) is 23.1. The lowest BCUT2D eigenvalue weighted by Crippen LogP contribution is -2.35. The van der Waals surface area contributed by atoms with Crippen LogP contribution in [-0.4, -0.2) is 34.5 Å². The van der Waals surface area contributed by atoms with Crippen LogP contribution in [0.2, 0.25) is 0 Å². The van der Waals surface area contributed by atoms with E-state index in [1.165, 1.54) is 17.4 Å². The number of nitrogens with one attached hydrogen (secondary N) is 1. The number of thiophene rings is 1. The lowest BCUT2D eigenvalue weighted by molar-refractivity contribution is -0.131. The van der Waals surface area contributed by atoms with Crippen molar-refractivity contribution in [3.8, 4) is 0 Å². The molecular formula is C13H17NO3S2. The molecule has 0 aliphatic rings. The summed E-state index contributed by atoms with van der Waals surface area (Å²) >= 11 is 2.99. The standard InChI is InChI=1S/C13H17NO3S2/c1-13(2,18-3)8-14-12(17)11-9(6-7-19-11)4-5-10(15)16/h4-7H,8H2,1-3H3,(H,14,17)(H,15,16)/b5-4+. The summed E-state index contributed by atoms with van der Waals surface area (Å²) < 4.78 is -0.0238. The van der Waals surface area contributed by atoms with Crippen LogP contribution in [0.1, 0.15) is 29.1 Å². The van der Waals surface area contributed by atoms with Gasteiger partial charge in [-0.3, -0.25) is 4.79 Å². The average Bonchev–Trinajstić information content (AvgIpc) is 2.82. The van der Waals surface area contributed by atoms with Gasteiger partial charge in [0.15, 0.2) is 0 Å². The van der Waals surface area contributed by atoms with E-state index in [2.05, 4.69) is 19.2 Å². The van der Waals surface area contributed by atoms with Crippen LogP contribution in [0.5, 0.6) is 0 Å². The molecule has 0 saturated heterocycles. The molecule has 104 valence electrons. The second-order valence-corrected chi connectivity index (χ2v) is 6.95. The van der Waals surface area contributed by atoms with Gasteiger partial charge in [-0.25, -0.2) is 4.79 Å². The predicted octanol–water partition coefficient (Wildman–Crippen LogP) is 2.72. The van der Waals surface area contributed by atoms with E-state index < -0.39 is 5.97 Å². The molecule has 1 amide bonds. The van der Waals surface area contributed by atoms with Crippen molar-refractivity contribution in [3.05, 3.63) is 28.0 Å². The highest BCUT2D eigenvalue weighted by Crippen LogP contribution is 2.21. The Morgan fingerprint density at radius 2 is 2.21 bits per heavy atom. The predicted molar refractivity (Wildman–Crippen MR) is 80.9 cm³/mol. The molecule has 1 heterocycles. The summed E-state index contributed by atoms with van der Waals surface area (Å²) in [5.74, 6) is -1.19. The minimum atomic E-state index is -1.03. The Kier molecular flexibility index (Phi) is 5.62. The van der Waals surface area contributed by atoms with Crippen molar-refractivity contribution in [1.82, 2.24) is 5.32 Å². The van der Waals surface area contributed by atoms with Gasteiger partial charge in [-0.2, -0.15) is 11.8 Å². The Bertz CT molecular complexity index is 492. The van der Waals surface area contributed by atoms with Gasteiger partial charge >= 0.3 is 5.97 Å². The maximum atomic E-state index is 12.0. The Hall–Kier alpha value is -1.27. The molecule has 0 fully saturated rings. The van der Waals surface area contributed by atoms with Crippen LogP contribution in [-0.2, 0) is 4.79 Å². The summed E-state index contributed by atoms with van der Waals surface area (Å²) in [6, 6.07) is 1.73. The highest BCUT2D eigenvalue weighted by Gasteiger charge is 2.19. The van der Waals surface area contributed by atoms with Gasteiger partial charge in [-0.05, 0) is 43.2 Å². The number of carboxylic acid groups (broad SMARTS) is 1. The summed E-state index contributed by atoms with van der Waals surface area (Å²) in [5.41, 5.74) is 0.631. The molecular weight excluding hydrogens is 282 g/mol. The molecule has 4 nitrogen and oxygen atoms in total.